The maximum absolute atomic E-state index is 12.2. The number of benzene rings is 2. The number of carbonyl (C=O) groups excluding carboxylic acids is 3. The Morgan fingerprint density at radius 2 is 1.66 bits per heavy atom. The Morgan fingerprint density at radius 3 is 2.34 bits per heavy atom. The Hall–Kier alpha value is -3.55. The van der Waals surface area contributed by atoms with E-state index in [0.717, 1.165) is 11.1 Å². The van der Waals surface area contributed by atoms with E-state index in [9.17, 15) is 14.4 Å². The SMILES string of the molecule is COC(=O)[C@H](Cc1ccccc1OC)NC(=O)CNC(=O)OCc1ccccc1. The van der Waals surface area contributed by atoms with Crippen molar-refractivity contribution in [2.24, 2.45) is 0 Å². The van der Waals surface area contributed by atoms with Crippen molar-refractivity contribution in [3.63, 3.8) is 0 Å². The molecule has 0 saturated heterocycles. The van der Waals surface area contributed by atoms with E-state index in [2.05, 4.69) is 10.6 Å². The van der Waals surface area contributed by atoms with Crippen molar-refractivity contribution in [1.29, 1.82) is 0 Å². The van der Waals surface area contributed by atoms with Crippen LogP contribution in [0.25, 0.3) is 0 Å². The fraction of sp³-hybridized carbons (Fsp3) is 0.286. The van der Waals surface area contributed by atoms with Gasteiger partial charge in [-0.3, -0.25) is 4.79 Å². The summed E-state index contributed by atoms with van der Waals surface area (Å²) >= 11 is 0. The zero-order valence-corrected chi connectivity index (χ0v) is 16.3. The largest absolute Gasteiger partial charge is 0.496 e. The highest BCUT2D eigenvalue weighted by Crippen LogP contribution is 2.19. The lowest BCUT2D eigenvalue weighted by Gasteiger charge is -2.18. The first-order valence-electron chi connectivity index (χ1n) is 8.97. The van der Waals surface area contributed by atoms with E-state index in [1.807, 2.05) is 30.3 Å². The van der Waals surface area contributed by atoms with Crippen LogP contribution in [0.1, 0.15) is 11.1 Å². The van der Waals surface area contributed by atoms with Gasteiger partial charge in [-0.2, -0.15) is 0 Å². The van der Waals surface area contributed by atoms with Crippen LogP contribution in [0.3, 0.4) is 0 Å². The first-order chi connectivity index (χ1) is 14.0. The van der Waals surface area contributed by atoms with Crippen LogP contribution in [0.4, 0.5) is 4.79 Å². The molecule has 0 aliphatic carbocycles. The van der Waals surface area contributed by atoms with Crippen LogP contribution in [0.15, 0.2) is 54.6 Å². The molecule has 0 bridgehead atoms. The molecule has 0 aromatic heterocycles. The van der Waals surface area contributed by atoms with Gasteiger partial charge >= 0.3 is 12.1 Å². The van der Waals surface area contributed by atoms with Crippen LogP contribution < -0.4 is 15.4 Å². The first-order valence-corrected chi connectivity index (χ1v) is 8.97. The van der Waals surface area contributed by atoms with Gasteiger partial charge in [-0.1, -0.05) is 48.5 Å². The number of para-hydroxylation sites is 1. The van der Waals surface area contributed by atoms with Crippen LogP contribution in [0.5, 0.6) is 5.75 Å². The zero-order valence-electron chi connectivity index (χ0n) is 16.3. The molecule has 8 heteroatoms. The van der Waals surface area contributed by atoms with Gasteiger partial charge in [0.1, 0.15) is 24.9 Å². The first kappa shape index (κ1) is 21.7. The quantitative estimate of drug-likeness (QED) is 0.623. The summed E-state index contributed by atoms with van der Waals surface area (Å²) in [6, 6.07) is 15.4. The van der Waals surface area contributed by atoms with Crippen molar-refractivity contribution in [3.05, 3.63) is 65.7 Å². The average molecular weight is 400 g/mol. The third kappa shape index (κ3) is 7.17. The number of ether oxygens (including phenoxy) is 3. The summed E-state index contributed by atoms with van der Waals surface area (Å²) in [5.41, 5.74) is 1.57. The summed E-state index contributed by atoms with van der Waals surface area (Å²) in [4.78, 5) is 36.0. The minimum absolute atomic E-state index is 0.0902. The predicted octanol–water partition coefficient (Wildman–Crippen LogP) is 1.82. The van der Waals surface area contributed by atoms with E-state index >= 15 is 0 Å². The summed E-state index contributed by atoms with van der Waals surface area (Å²) in [5.74, 6) is -0.555. The standard InChI is InChI=1S/C21H24N2O6/c1-27-18-11-7-6-10-16(18)12-17(20(25)28-2)23-19(24)13-22-21(26)29-14-15-8-4-3-5-9-15/h3-11,17H,12-14H2,1-2H3,(H,22,26)(H,23,24)/t17-/m0/s1. The van der Waals surface area contributed by atoms with Gasteiger partial charge in [-0.15, -0.1) is 0 Å². The number of esters is 1. The summed E-state index contributed by atoms with van der Waals surface area (Å²) in [5, 5.41) is 4.91. The summed E-state index contributed by atoms with van der Waals surface area (Å²) in [6.45, 7) is -0.250. The van der Waals surface area contributed by atoms with Crippen LogP contribution in [-0.2, 0) is 32.1 Å². The second-order valence-electron chi connectivity index (χ2n) is 6.07. The zero-order chi connectivity index (χ0) is 21.1. The molecule has 8 nitrogen and oxygen atoms in total. The lowest BCUT2D eigenvalue weighted by molar-refractivity contribution is -0.144. The number of amides is 2. The smallest absolute Gasteiger partial charge is 0.407 e. The van der Waals surface area contributed by atoms with Crippen LogP contribution >= 0.6 is 0 Å². The second-order valence-corrected chi connectivity index (χ2v) is 6.07. The molecule has 0 saturated carbocycles. The van der Waals surface area contributed by atoms with Crippen molar-refractivity contribution in [2.75, 3.05) is 20.8 Å². The minimum Gasteiger partial charge on any atom is -0.496 e. The van der Waals surface area contributed by atoms with Crippen molar-refractivity contribution >= 4 is 18.0 Å². The lowest BCUT2D eigenvalue weighted by Crippen LogP contribution is -2.47. The Balaban J connectivity index is 1.86. The molecule has 2 aromatic carbocycles. The van der Waals surface area contributed by atoms with E-state index in [0.29, 0.717) is 5.75 Å². The number of hydrogen-bond acceptors (Lipinski definition) is 6. The third-order valence-corrected chi connectivity index (χ3v) is 4.04. The van der Waals surface area contributed by atoms with Crippen molar-refractivity contribution in [2.45, 2.75) is 19.1 Å². The number of nitrogens with one attached hydrogen (secondary N) is 2. The molecule has 29 heavy (non-hydrogen) atoms. The van der Waals surface area contributed by atoms with Crippen molar-refractivity contribution in [1.82, 2.24) is 10.6 Å². The maximum atomic E-state index is 12.2. The highest BCUT2D eigenvalue weighted by molar-refractivity contribution is 5.87. The van der Waals surface area contributed by atoms with Crippen molar-refractivity contribution < 1.29 is 28.6 Å². The van der Waals surface area contributed by atoms with Gasteiger partial charge in [-0.25, -0.2) is 9.59 Å². The number of hydrogen-bond donors (Lipinski definition) is 2. The fourth-order valence-electron chi connectivity index (χ4n) is 2.60. The predicted molar refractivity (Wildman–Crippen MR) is 105 cm³/mol. The summed E-state index contributed by atoms with van der Waals surface area (Å²) in [7, 11) is 2.76. The molecule has 0 spiro atoms. The van der Waals surface area contributed by atoms with E-state index in [1.165, 1.54) is 14.2 Å². The highest BCUT2D eigenvalue weighted by atomic mass is 16.5. The Bertz CT molecular complexity index is 825. The molecule has 2 rings (SSSR count). The molecular weight excluding hydrogens is 376 g/mol. The lowest BCUT2D eigenvalue weighted by atomic mass is 10.0. The van der Waals surface area contributed by atoms with Crippen LogP contribution in [0, 0.1) is 0 Å². The van der Waals surface area contributed by atoms with Crippen molar-refractivity contribution in [3.8, 4) is 5.75 Å². The minimum atomic E-state index is -0.925. The molecular formula is C21H24N2O6. The van der Waals surface area contributed by atoms with Gasteiger partial charge in [0, 0.05) is 6.42 Å². The molecule has 0 heterocycles. The molecule has 0 unspecified atom stereocenters. The van der Waals surface area contributed by atoms with Gasteiger partial charge in [0.2, 0.25) is 5.91 Å². The van der Waals surface area contributed by atoms with Gasteiger partial charge in [0.05, 0.1) is 14.2 Å². The van der Waals surface area contributed by atoms with Gasteiger partial charge in [-0.05, 0) is 17.2 Å². The van der Waals surface area contributed by atoms with E-state index in [-0.39, 0.29) is 19.6 Å². The maximum Gasteiger partial charge on any atom is 0.407 e. The number of alkyl carbamates (subject to hydrolysis) is 1. The molecule has 0 aliphatic heterocycles. The third-order valence-electron chi connectivity index (χ3n) is 4.04. The topological polar surface area (TPSA) is 103 Å². The summed E-state index contributed by atoms with van der Waals surface area (Å²) < 4.78 is 15.1. The number of rotatable bonds is 9. The highest BCUT2D eigenvalue weighted by Gasteiger charge is 2.23. The molecule has 0 fully saturated rings. The molecule has 2 amide bonds. The average Bonchev–Trinajstić information content (AvgIpc) is 2.76. The van der Waals surface area contributed by atoms with Gasteiger partial charge < -0.3 is 24.8 Å². The second kappa shape index (κ2) is 11.3. The Kier molecular flexibility index (Phi) is 8.50. The van der Waals surface area contributed by atoms with Crippen LogP contribution in [0.2, 0.25) is 0 Å². The normalized spacial score (nSPS) is 11.1. The molecule has 154 valence electrons. The van der Waals surface area contributed by atoms with Gasteiger partial charge in [0.25, 0.3) is 0 Å². The Morgan fingerprint density at radius 1 is 0.966 bits per heavy atom. The van der Waals surface area contributed by atoms with E-state index < -0.39 is 24.0 Å². The summed E-state index contributed by atoms with van der Waals surface area (Å²) in [6.07, 6.45) is -0.552. The molecule has 0 radical (unpaired) electrons. The molecule has 2 aromatic rings. The number of methoxy groups -OCH3 is 2. The van der Waals surface area contributed by atoms with E-state index in [1.54, 1.807) is 24.3 Å². The molecule has 1 atom stereocenters. The molecule has 2 N–H and O–H groups in total. The monoisotopic (exact) mass is 400 g/mol. The van der Waals surface area contributed by atoms with E-state index in [4.69, 9.17) is 14.2 Å². The Labute approximate surface area is 169 Å². The van der Waals surface area contributed by atoms with Crippen LogP contribution in [-0.4, -0.2) is 44.8 Å². The van der Waals surface area contributed by atoms with Gasteiger partial charge in [0.15, 0.2) is 0 Å². The fourth-order valence-corrected chi connectivity index (χ4v) is 2.60. The molecule has 0 aliphatic rings. The number of carbonyl (C=O) groups is 3.